The van der Waals surface area contributed by atoms with E-state index in [1.807, 2.05) is 12.1 Å². The van der Waals surface area contributed by atoms with E-state index in [9.17, 15) is 9.59 Å². The molecule has 0 aromatic heterocycles. The molecule has 2 aromatic carbocycles. The van der Waals surface area contributed by atoms with Crippen LogP contribution in [0.5, 0.6) is 5.75 Å². The van der Waals surface area contributed by atoms with Gasteiger partial charge >= 0.3 is 5.97 Å². The maximum Gasteiger partial charge on any atom is 0.338 e. The van der Waals surface area contributed by atoms with Crippen molar-refractivity contribution in [2.75, 3.05) is 43.6 Å². The summed E-state index contributed by atoms with van der Waals surface area (Å²) in [6.45, 7) is 5.76. The molecule has 30 heavy (non-hydrogen) atoms. The van der Waals surface area contributed by atoms with Gasteiger partial charge in [-0.05, 0) is 55.0 Å². The number of unbranched alkanes of at least 4 members (excludes halogenated alkanes) is 1. The van der Waals surface area contributed by atoms with Crippen LogP contribution in [0.25, 0.3) is 0 Å². The number of esters is 1. The summed E-state index contributed by atoms with van der Waals surface area (Å²) in [6.07, 6.45) is 2.25. The van der Waals surface area contributed by atoms with Crippen LogP contribution in [-0.2, 0) is 14.3 Å². The number of benzene rings is 2. The minimum absolute atomic E-state index is 0.116. The van der Waals surface area contributed by atoms with Gasteiger partial charge in [0.15, 0.2) is 0 Å². The molecule has 0 unspecified atom stereocenters. The molecule has 0 saturated heterocycles. The second-order valence-corrected chi connectivity index (χ2v) is 6.66. The van der Waals surface area contributed by atoms with Gasteiger partial charge in [0.25, 0.3) is 0 Å². The molecule has 7 nitrogen and oxygen atoms in total. The fourth-order valence-electron chi connectivity index (χ4n) is 2.57. The third-order valence-electron chi connectivity index (χ3n) is 4.11. The second-order valence-electron chi connectivity index (χ2n) is 6.66. The molecule has 2 rings (SSSR count). The Morgan fingerprint density at radius 1 is 0.867 bits per heavy atom. The summed E-state index contributed by atoms with van der Waals surface area (Å²) in [6, 6.07) is 14.3. The standard InChI is InChI=1S/C23H30N2O5/c1-3-4-13-24-20-7-5-19(6-8-20)23(27)30-17-15-28-14-16-29-22-11-9-21(10-12-22)25-18(2)26/h5-12,24H,3-4,13-17H2,1-2H3,(H,25,26). The SMILES string of the molecule is CCCCNc1ccc(C(=O)OCCOCCOc2ccc(NC(C)=O)cc2)cc1. The van der Waals surface area contributed by atoms with Crippen molar-refractivity contribution in [3.05, 3.63) is 54.1 Å². The first-order valence-corrected chi connectivity index (χ1v) is 10.2. The van der Waals surface area contributed by atoms with Crippen LogP contribution in [0, 0.1) is 0 Å². The summed E-state index contributed by atoms with van der Waals surface area (Å²) in [4.78, 5) is 23.0. The van der Waals surface area contributed by atoms with Crippen molar-refractivity contribution >= 4 is 23.3 Å². The van der Waals surface area contributed by atoms with Crippen LogP contribution < -0.4 is 15.4 Å². The van der Waals surface area contributed by atoms with Crippen LogP contribution >= 0.6 is 0 Å². The molecule has 0 saturated carbocycles. The minimum Gasteiger partial charge on any atom is -0.491 e. The van der Waals surface area contributed by atoms with E-state index in [-0.39, 0.29) is 18.5 Å². The highest BCUT2D eigenvalue weighted by molar-refractivity contribution is 5.90. The van der Waals surface area contributed by atoms with Gasteiger partial charge in [-0.2, -0.15) is 0 Å². The van der Waals surface area contributed by atoms with Gasteiger partial charge in [0.05, 0.1) is 18.8 Å². The maximum absolute atomic E-state index is 12.0. The van der Waals surface area contributed by atoms with E-state index in [0.717, 1.165) is 30.8 Å². The molecule has 0 spiro atoms. The van der Waals surface area contributed by atoms with Gasteiger partial charge in [-0.3, -0.25) is 4.79 Å². The van der Waals surface area contributed by atoms with E-state index in [2.05, 4.69) is 17.6 Å². The van der Waals surface area contributed by atoms with E-state index < -0.39 is 0 Å². The smallest absolute Gasteiger partial charge is 0.338 e. The molecule has 0 radical (unpaired) electrons. The molecule has 0 fully saturated rings. The van der Waals surface area contributed by atoms with E-state index in [4.69, 9.17) is 14.2 Å². The van der Waals surface area contributed by atoms with Crippen LogP contribution in [0.15, 0.2) is 48.5 Å². The first kappa shape index (κ1) is 23.2. The number of amides is 1. The lowest BCUT2D eigenvalue weighted by atomic mass is 10.2. The summed E-state index contributed by atoms with van der Waals surface area (Å²) in [5.74, 6) is 0.204. The van der Waals surface area contributed by atoms with E-state index in [1.165, 1.54) is 6.92 Å². The fraction of sp³-hybridized carbons (Fsp3) is 0.391. The molecular formula is C23H30N2O5. The van der Waals surface area contributed by atoms with Crippen molar-refractivity contribution in [3.63, 3.8) is 0 Å². The summed E-state index contributed by atoms with van der Waals surface area (Å²) in [5, 5.41) is 6.00. The van der Waals surface area contributed by atoms with E-state index in [0.29, 0.717) is 31.1 Å². The number of hydrogen-bond donors (Lipinski definition) is 2. The van der Waals surface area contributed by atoms with Crippen LogP contribution in [0.4, 0.5) is 11.4 Å². The van der Waals surface area contributed by atoms with Gasteiger partial charge in [0, 0.05) is 24.8 Å². The van der Waals surface area contributed by atoms with Crippen LogP contribution in [0.1, 0.15) is 37.0 Å². The molecule has 0 aliphatic carbocycles. The van der Waals surface area contributed by atoms with Crippen LogP contribution in [0.3, 0.4) is 0 Å². The first-order chi connectivity index (χ1) is 14.6. The Morgan fingerprint density at radius 3 is 2.20 bits per heavy atom. The summed E-state index contributed by atoms with van der Waals surface area (Å²) < 4.78 is 16.2. The molecule has 0 heterocycles. The number of hydrogen-bond acceptors (Lipinski definition) is 6. The summed E-state index contributed by atoms with van der Waals surface area (Å²) in [5.41, 5.74) is 2.23. The summed E-state index contributed by atoms with van der Waals surface area (Å²) >= 11 is 0. The average Bonchev–Trinajstić information content (AvgIpc) is 2.74. The largest absolute Gasteiger partial charge is 0.491 e. The van der Waals surface area contributed by atoms with Gasteiger partial charge < -0.3 is 24.8 Å². The highest BCUT2D eigenvalue weighted by Gasteiger charge is 2.06. The normalized spacial score (nSPS) is 10.3. The zero-order valence-corrected chi connectivity index (χ0v) is 17.6. The molecule has 0 aliphatic rings. The predicted octanol–water partition coefficient (Wildman–Crippen LogP) is 4.11. The summed E-state index contributed by atoms with van der Waals surface area (Å²) in [7, 11) is 0. The highest BCUT2D eigenvalue weighted by atomic mass is 16.6. The van der Waals surface area contributed by atoms with Crippen LogP contribution in [0.2, 0.25) is 0 Å². The molecule has 2 N–H and O–H groups in total. The van der Waals surface area contributed by atoms with Crippen molar-refractivity contribution in [2.45, 2.75) is 26.7 Å². The second kappa shape index (κ2) is 13.2. The number of carbonyl (C=O) groups excluding carboxylic acids is 2. The van der Waals surface area contributed by atoms with Gasteiger partial charge in [-0.15, -0.1) is 0 Å². The molecule has 7 heteroatoms. The van der Waals surface area contributed by atoms with Crippen molar-refractivity contribution in [3.8, 4) is 5.75 Å². The van der Waals surface area contributed by atoms with Gasteiger partial charge in [0.2, 0.25) is 5.91 Å². The van der Waals surface area contributed by atoms with Crippen molar-refractivity contribution < 1.29 is 23.8 Å². The third-order valence-corrected chi connectivity index (χ3v) is 4.11. The quantitative estimate of drug-likeness (QED) is 0.379. The molecular weight excluding hydrogens is 384 g/mol. The Balaban J connectivity index is 1.55. The zero-order chi connectivity index (χ0) is 21.6. The monoisotopic (exact) mass is 414 g/mol. The Kier molecular flexibility index (Phi) is 10.2. The lowest BCUT2D eigenvalue weighted by Crippen LogP contribution is -2.14. The van der Waals surface area contributed by atoms with Crippen molar-refractivity contribution in [1.82, 2.24) is 0 Å². The molecule has 2 aromatic rings. The highest BCUT2D eigenvalue weighted by Crippen LogP contribution is 2.15. The van der Waals surface area contributed by atoms with Crippen molar-refractivity contribution in [1.29, 1.82) is 0 Å². The molecule has 0 atom stereocenters. The number of carbonyl (C=O) groups is 2. The van der Waals surface area contributed by atoms with Gasteiger partial charge in [-0.1, -0.05) is 13.3 Å². The maximum atomic E-state index is 12.0. The first-order valence-electron chi connectivity index (χ1n) is 10.2. The molecule has 0 aliphatic heterocycles. The van der Waals surface area contributed by atoms with E-state index >= 15 is 0 Å². The topological polar surface area (TPSA) is 85.9 Å². The fourth-order valence-corrected chi connectivity index (χ4v) is 2.57. The van der Waals surface area contributed by atoms with Gasteiger partial charge in [0.1, 0.15) is 19.0 Å². The third kappa shape index (κ3) is 8.96. The average molecular weight is 415 g/mol. The zero-order valence-electron chi connectivity index (χ0n) is 17.6. The Bertz CT molecular complexity index is 775. The Morgan fingerprint density at radius 2 is 1.53 bits per heavy atom. The molecule has 1 amide bonds. The molecule has 162 valence electrons. The number of anilines is 2. The Labute approximate surface area is 177 Å². The van der Waals surface area contributed by atoms with Crippen LogP contribution in [-0.4, -0.2) is 44.8 Å². The molecule has 0 bridgehead atoms. The predicted molar refractivity (Wildman–Crippen MR) is 117 cm³/mol. The number of rotatable bonds is 13. The van der Waals surface area contributed by atoms with Gasteiger partial charge in [-0.25, -0.2) is 4.79 Å². The van der Waals surface area contributed by atoms with Crippen molar-refractivity contribution in [2.24, 2.45) is 0 Å². The Hall–Kier alpha value is -3.06. The number of ether oxygens (including phenoxy) is 3. The van der Waals surface area contributed by atoms with E-state index in [1.54, 1.807) is 36.4 Å². The number of nitrogens with one attached hydrogen (secondary N) is 2. The lowest BCUT2D eigenvalue weighted by Gasteiger charge is -2.09. The minimum atomic E-state index is -0.366. The lowest BCUT2D eigenvalue weighted by molar-refractivity contribution is -0.114.